The minimum absolute atomic E-state index is 0.573. The number of hydrogen-bond donors (Lipinski definition) is 0. The van der Waals surface area contributed by atoms with E-state index in [2.05, 4.69) is 22.9 Å². The van der Waals surface area contributed by atoms with Gasteiger partial charge in [-0.25, -0.2) is 4.79 Å². The Labute approximate surface area is 78.1 Å². The zero-order valence-electron chi connectivity index (χ0n) is 5.90. The molecule has 0 radical (unpaired) electrons. The lowest BCUT2D eigenvalue weighted by atomic mass is 10.4. The number of ether oxygens (including phenoxy) is 1. The Morgan fingerprint density at radius 1 is 1.75 bits per heavy atom. The number of alkyl halides is 4. The van der Waals surface area contributed by atoms with Gasteiger partial charge in [0.05, 0.1) is 5.88 Å². The fourth-order valence-electron chi connectivity index (χ4n) is 0.374. The number of hydrogen-bond acceptors (Lipinski definition) is 2. The highest BCUT2D eigenvalue weighted by atomic mass is 35.5. The van der Waals surface area contributed by atoms with Gasteiger partial charge < -0.3 is 4.74 Å². The van der Waals surface area contributed by atoms with E-state index in [1.165, 1.54) is 0 Å². The van der Waals surface area contributed by atoms with Crippen LogP contribution in [0.25, 0.3) is 0 Å². The fraction of sp³-hybridized carbons (Fsp3) is 0.500. The summed E-state index contributed by atoms with van der Waals surface area (Å²) in [7, 11) is 0. The van der Waals surface area contributed by atoms with E-state index in [0.717, 1.165) is 6.08 Å². The van der Waals surface area contributed by atoms with Crippen LogP contribution >= 0.6 is 23.2 Å². The van der Waals surface area contributed by atoms with Crippen LogP contribution in [0.1, 0.15) is 0 Å². The van der Waals surface area contributed by atoms with Crippen molar-refractivity contribution in [2.24, 2.45) is 0 Å². The van der Waals surface area contributed by atoms with Crippen molar-refractivity contribution in [1.29, 1.82) is 0 Å². The fourth-order valence-corrected chi connectivity index (χ4v) is 0.832. The largest absolute Gasteiger partial charge is 0.450 e. The van der Waals surface area contributed by atoms with Crippen LogP contribution in [0.2, 0.25) is 0 Å². The second-order valence-corrected chi connectivity index (χ2v) is 2.64. The molecule has 0 spiro atoms. The van der Waals surface area contributed by atoms with Gasteiger partial charge in [-0.1, -0.05) is 6.58 Å². The highest BCUT2D eigenvalue weighted by Gasteiger charge is 2.39. The van der Waals surface area contributed by atoms with Gasteiger partial charge in [0.1, 0.15) is 0 Å². The molecule has 0 aromatic carbocycles. The predicted molar refractivity (Wildman–Crippen MR) is 41.6 cm³/mol. The van der Waals surface area contributed by atoms with Crippen LogP contribution in [0.4, 0.5) is 8.78 Å². The lowest BCUT2D eigenvalue weighted by Gasteiger charge is -2.18. The van der Waals surface area contributed by atoms with Crippen molar-refractivity contribution in [3.05, 3.63) is 12.7 Å². The first kappa shape index (κ1) is 11.6. The molecule has 0 aromatic heterocycles. The van der Waals surface area contributed by atoms with E-state index < -0.39 is 23.3 Å². The summed E-state index contributed by atoms with van der Waals surface area (Å²) in [6, 6.07) is 0. The molecule has 12 heavy (non-hydrogen) atoms. The van der Waals surface area contributed by atoms with Crippen molar-refractivity contribution in [2.45, 2.75) is 11.5 Å². The van der Waals surface area contributed by atoms with E-state index >= 15 is 0 Å². The van der Waals surface area contributed by atoms with Crippen LogP contribution in [0, 0.1) is 0 Å². The van der Waals surface area contributed by atoms with E-state index in [1.54, 1.807) is 0 Å². The smallest absolute Gasteiger partial charge is 0.359 e. The van der Waals surface area contributed by atoms with Crippen LogP contribution in [0.15, 0.2) is 12.7 Å². The normalized spacial score (nSPS) is 13.7. The van der Waals surface area contributed by atoms with Crippen LogP contribution in [0.5, 0.6) is 0 Å². The number of esters is 1. The maximum Gasteiger partial charge on any atom is 0.359 e. The predicted octanol–water partition coefficient (Wildman–Crippen LogP) is 2.15. The number of rotatable bonds is 4. The van der Waals surface area contributed by atoms with Gasteiger partial charge >= 0.3 is 11.4 Å². The molecule has 6 heteroatoms. The molecule has 0 heterocycles. The summed E-state index contributed by atoms with van der Waals surface area (Å²) in [5, 5.41) is -3.65. The van der Waals surface area contributed by atoms with Gasteiger partial charge in [-0.3, -0.25) is 0 Å². The molecule has 70 valence electrons. The summed E-state index contributed by atoms with van der Waals surface area (Å²) in [6.07, 6.45) is -1.08. The van der Waals surface area contributed by atoms with Gasteiger partial charge in [-0.05, 0) is 11.6 Å². The van der Waals surface area contributed by atoms with Crippen molar-refractivity contribution in [1.82, 2.24) is 0 Å². The van der Waals surface area contributed by atoms with Gasteiger partial charge in [-0.2, -0.15) is 8.78 Å². The molecule has 2 nitrogen and oxygen atoms in total. The molecule has 0 fully saturated rings. The highest BCUT2D eigenvalue weighted by Crippen LogP contribution is 2.26. The van der Waals surface area contributed by atoms with E-state index in [-0.39, 0.29) is 0 Å². The quantitative estimate of drug-likeness (QED) is 0.411. The third-order valence-electron chi connectivity index (χ3n) is 0.930. The maximum absolute atomic E-state index is 12.3. The molecule has 0 saturated heterocycles. The Bertz CT molecular complexity index is 179. The maximum atomic E-state index is 12.3. The molecule has 1 unspecified atom stereocenters. The number of carbonyl (C=O) groups excluding carboxylic acids is 1. The number of halogens is 4. The SMILES string of the molecule is C=CC(=O)OC(CCl)C(F)(F)Cl. The zero-order valence-corrected chi connectivity index (χ0v) is 7.41. The molecule has 0 rings (SSSR count). The molecule has 0 saturated carbocycles. The van der Waals surface area contributed by atoms with Crippen LogP contribution in [-0.4, -0.2) is 23.3 Å². The number of carbonyl (C=O) groups is 1. The molecule has 0 amide bonds. The van der Waals surface area contributed by atoms with Crippen molar-refractivity contribution in [2.75, 3.05) is 5.88 Å². The minimum atomic E-state index is -3.65. The van der Waals surface area contributed by atoms with E-state index in [9.17, 15) is 13.6 Å². The summed E-state index contributed by atoms with van der Waals surface area (Å²) in [4.78, 5) is 10.4. The molecule has 0 aromatic rings. The van der Waals surface area contributed by atoms with Gasteiger partial charge in [0.25, 0.3) is 0 Å². The van der Waals surface area contributed by atoms with Crippen LogP contribution < -0.4 is 0 Å². The zero-order chi connectivity index (χ0) is 9.78. The Balaban J connectivity index is 4.18. The molecule has 0 aliphatic rings. The summed E-state index contributed by atoms with van der Waals surface area (Å²) in [5.74, 6) is -1.56. The standard InChI is InChI=1S/C6H6Cl2F2O2/c1-2-5(11)12-4(3-7)6(8,9)10/h2,4H,1,3H2. The van der Waals surface area contributed by atoms with Crippen molar-refractivity contribution >= 4 is 29.2 Å². The Morgan fingerprint density at radius 2 is 2.25 bits per heavy atom. The topological polar surface area (TPSA) is 26.3 Å². The Morgan fingerprint density at radius 3 is 2.50 bits per heavy atom. The summed E-state index contributed by atoms with van der Waals surface area (Å²) < 4.78 is 28.6. The average Bonchev–Trinajstić information content (AvgIpc) is 1.97. The Hall–Kier alpha value is -0.350. The van der Waals surface area contributed by atoms with Gasteiger partial charge in [0.2, 0.25) is 0 Å². The molecule has 0 aliphatic heterocycles. The second kappa shape index (κ2) is 4.62. The molecule has 0 bridgehead atoms. The van der Waals surface area contributed by atoms with E-state index in [1.807, 2.05) is 0 Å². The summed E-state index contributed by atoms with van der Waals surface area (Å²) in [6.45, 7) is 3.02. The van der Waals surface area contributed by atoms with Crippen LogP contribution in [0.3, 0.4) is 0 Å². The van der Waals surface area contributed by atoms with Gasteiger partial charge in [0.15, 0.2) is 6.10 Å². The first-order valence-electron chi connectivity index (χ1n) is 2.87. The minimum Gasteiger partial charge on any atom is -0.450 e. The van der Waals surface area contributed by atoms with E-state index in [4.69, 9.17) is 11.6 Å². The van der Waals surface area contributed by atoms with Crippen molar-refractivity contribution < 1.29 is 18.3 Å². The lowest BCUT2D eigenvalue weighted by molar-refractivity contribution is -0.152. The highest BCUT2D eigenvalue weighted by molar-refractivity contribution is 6.24. The summed E-state index contributed by atoms with van der Waals surface area (Å²) in [5.41, 5.74) is 0. The third-order valence-corrected chi connectivity index (χ3v) is 1.45. The average molecular weight is 219 g/mol. The molecular weight excluding hydrogens is 213 g/mol. The Kier molecular flexibility index (Phi) is 4.49. The molecule has 1 atom stereocenters. The second-order valence-electron chi connectivity index (χ2n) is 1.83. The van der Waals surface area contributed by atoms with Crippen molar-refractivity contribution in [3.63, 3.8) is 0 Å². The van der Waals surface area contributed by atoms with Gasteiger partial charge in [0, 0.05) is 6.08 Å². The molecular formula is C6H6Cl2F2O2. The van der Waals surface area contributed by atoms with Gasteiger partial charge in [-0.15, -0.1) is 11.6 Å². The van der Waals surface area contributed by atoms with Crippen molar-refractivity contribution in [3.8, 4) is 0 Å². The molecule has 0 N–H and O–H groups in total. The summed E-state index contributed by atoms with van der Waals surface area (Å²) >= 11 is 9.65. The van der Waals surface area contributed by atoms with E-state index in [0.29, 0.717) is 0 Å². The lowest BCUT2D eigenvalue weighted by Crippen LogP contribution is -2.33. The third kappa shape index (κ3) is 3.88. The van der Waals surface area contributed by atoms with Crippen LogP contribution in [-0.2, 0) is 9.53 Å². The monoisotopic (exact) mass is 218 g/mol. The first-order valence-corrected chi connectivity index (χ1v) is 3.78. The first-order chi connectivity index (χ1) is 5.41. The molecule has 0 aliphatic carbocycles.